The topological polar surface area (TPSA) is 72.2 Å². The summed E-state index contributed by atoms with van der Waals surface area (Å²) >= 11 is 0. The highest BCUT2D eigenvalue weighted by molar-refractivity contribution is 6.00. The Morgan fingerprint density at radius 2 is 2.19 bits per heavy atom. The van der Waals surface area contributed by atoms with Gasteiger partial charge in [0.2, 0.25) is 11.9 Å². The van der Waals surface area contributed by atoms with E-state index in [2.05, 4.69) is 4.98 Å². The fourth-order valence-corrected chi connectivity index (χ4v) is 1.09. The molecule has 1 unspecified atom stereocenters. The fraction of sp³-hybridized carbons (Fsp3) is 0.364. The lowest BCUT2D eigenvalue weighted by atomic mass is 10.1. The third kappa shape index (κ3) is 3.42. The molecule has 16 heavy (non-hydrogen) atoms. The number of pyridine rings is 1. The highest BCUT2D eigenvalue weighted by Gasteiger charge is 2.19. The van der Waals surface area contributed by atoms with Gasteiger partial charge in [-0.1, -0.05) is 0 Å². The van der Waals surface area contributed by atoms with Crippen molar-refractivity contribution >= 4 is 5.78 Å². The third-order valence-electron chi connectivity index (χ3n) is 1.89. The summed E-state index contributed by atoms with van der Waals surface area (Å²) < 4.78 is 9.86. The average Bonchev–Trinajstić information content (AvgIpc) is 2.35. The van der Waals surface area contributed by atoms with Crippen LogP contribution in [0.5, 0.6) is 0 Å². The Kier molecular flexibility index (Phi) is 5.12. The van der Waals surface area contributed by atoms with Crippen LogP contribution >= 0.6 is 0 Å². The molecule has 5 nitrogen and oxygen atoms in total. The molecule has 0 spiro atoms. The number of methoxy groups -OCH3 is 1. The van der Waals surface area contributed by atoms with E-state index in [0.717, 1.165) is 0 Å². The van der Waals surface area contributed by atoms with Gasteiger partial charge < -0.3 is 9.47 Å². The van der Waals surface area contributed by atoms with Crippen LogP contribution in [0.3, 0.4) is 0 Å². The van der Waals surface area contributed by atoms with Crippen molar-refractivity contribution in [2.45, 2.75) is 6.10 Å². The molecule has 0 saturated carbocycles. The molecule has 1 aromatic heterocycles. The van der Waals surface area contributed by atoms with E-state index >= 15 is 0 Å². The van der Waals surface area contributed by atoms with Crippen LogP contribution in [0, 0.1) is 11.3 Å². The van der Waals surface area contributed by atoms with Crippen molar-refractivity contribution in [2.75, 3.05) is 20.3 Å². The Hall–Kier alpha value is -1.77. The van der Waals surface area contributed by atoms with Crippen molar-refractivity contribution in [3.8, 4) is 6.07 Å². The monoisotopic (exact) mass is 220 g/mol. The smallest absolute Gasteiger partial charge is 0.206 e. The third-order valence-corrected chi connectivity index (χ3v) is 1.89. The van der Waals surface area contributed by atoms with Crippen molar-refractivity contribution in [1.29, 1.82) is 5.26 Å². The molecule has 1 heterocycles. The minimum absolute atomic E-state index is 0.214. The Morgan fingerprint density at radius 3 is 2.75 bits per heavy atom. The number of ether oxygens (including phenoxy) is 2. The van der Waals surface area contributed by atoms with Gasteiger partial charge in [-0.3, -0.25) is 9.78 Å². The highest BCUT2D eigenvalue weighted by atomic mass is 16.5. The van der Waals surface area contributed by atoms with Gasteiger partial charge in [0.25, 0.3) is 0 Å². The first-order chi connectivity index (χ1) is 7.79. The van der Waals surface area contributed by atoms with E-state index in [1.807, 2.05) is 6.07 Å². The second kappa shape index (κ2) is 6.67. The van der Waals surface area contributed by atoms with Crippen molar-refractivity contribution in [3.63, 3.8) is 0 Å². The maximum absolute atomic E-state index is 11.8. The second-order valence-corrected chi connectivity index (χ2v) is 2.97. The molecule has 1 aromatic rings. The van der Waals surface area contributed by atoms with Crippen molar-refractivity contribution in [1.82, 2.24) is 4.98 Å². The molecule has 0 aromatic carbocycles. The number of hydrogen-bond donors (Lipinski definition) is 0. The van der Waals surface area contributed by atoms with Crippen molar-refractivity contribution in [3.05, 3.63) is 30.1 Å². The number of aromatic nitrogens is 1. The van der Waals surface area contributed by atoms with E-state index < -0.39 is 6.10 Å². The Balaban J connectivity index is 2.61. The van der Waals surface area contributed by atoms with Crippen LogP contribution in [-0.2, 0) is 9.47 Å². The number of nitrogens with zero attached hydrogens (tertiary/aromatic N) is 2. The van der Waals surface area contributed by atoms with Gasteiger partial charge in [-0.2, -0.15) is 5.26 Å². The van der Waals surface area contributed by atoms with Gasteiger partial charge in [0.15, 0.2) is 0 Å². The Labute approximate surface area is 93.6 Å². The zero-order valence-corrected chi connectivity index (χ0v) is 8.92. The summed E-state index contributed by atoms with van der Waals surface area (Å²) in [6, 6.07) is 4.91. The van der Waals surface area contributed by atoms with E-state index in [0.29, 0.717) is 12.2 Å². The summed E-state index contributed by atoms with van der Waals surface area (Å²) in [6.07, 6.45) is 1.91. The van der Waals surface area contributed by atoms with Crippen LogP contribution < -0.4 is 0 Å². The number of nitriles is 1. The predicted octanol–water partition coefficient (Wildman–Crippen LogP) is 0.819. The van der Waals surface area contributed by atoms with Gasteiger partial charge in [0.1, 0.15) is 6.07 Å². The maximum Gasteiger partial charge on any atom is 0.206 e. The van der Waals surface area contributed by atoms with Gasteiger partial charge in [0.05, 0.1) is 13.2 Å². The van der Waals surface area contributed by atoms with Gasteiger partial charge >= 0.3 is 0 Å². The number of ketones is 1. The van der Waals surface area contributed by atoms with Gasteiger partial charge in [0, 0.05) is 25.1 Å². The van der Waals surface area contributed by atoms with Gasteiger partial charge in [-0.05, 0) is 12.1 Å². The van der Waals surface area contributed by atoms with Crippen LogP contribution in [0.15, 0.2) is 24.5 Å². The van der Waals surface area contributed by atoms with E-state index in [1.165, 1.54) is 19.5 Å². The second-order valence-electron chi connectivity index (χ2n) is 2.97. The normalized spacial score (nSPS) is 11.8. The maximum atomic E-state index is 11.8. The molecule has 84 valence electrons. The summed E-state index contributed by atoms with van der Waals surface area (Å²) in [5.41, 5.74) is 0.416. The van der Waals surface area contributed by atoms with Crippen LogP contribution in [-0.4, -0.2) is 37.2 Å². The molecule has 1 atom stereocenters. The highest BCUT2D eigenvalue weighted by Crippen LogP contribution is 2.04. The standard InChI is InChI=1S/C11H12N2O3/c1-15-6-7-16-10(8-12)11(14)9-2-4-13-5-3-9/h2-5,10H,6-7H2,1H3. The molecule has 0 N–H and O–H groups in total. The summed E-state index contributed by atoms with van der Waals surface area (Å²) in [4.78, 5) is 15.5. The van der Waals surface area contributed by atoms with E-state index in [9.17, 15) is 4.79 Å². The number of carbonyl (C=O) groups excluding carboxylic acids is 1. The van der Waals surface area contributed by atoms with E-state index in [4.69, 9.17) is 14.7 Å². The molecule has 0 radical (unpaired) electrons. The van der Waals surface area contributed by atoms with Crippen LogP contribution in [0.2, 0.25) is 0 Å². The lowest BCUT2D eigenvalue weighted by Crippen LogP contribution is -2.24. The molecule has 1 rings (SSSR count). The fourth-order valence-electron chi connectivity index (χ4n) is 1.09. The van der Waals surface area contributed by atoms with Crippen molar-refractivity contribution < 1.29 is 14.3 Å². The summed E-state index contributed by atoms with van der Waals surface area (Å²) in [5.74, 6) is -0.360. The zero-order valence-electron chi connectivity index (χ0n) is 8.92. The van der Waals surface area contributed by atoms with Crippen LogP contribution in [0.25, 0.3) is 0 Å². The molecular weight excluding hydrogens is 208 g/mol. The largest absolute Gasteiger partial charge is 0.382 e. The minimum Gasteiger partial charge on any atom is -0.382 e. The van der Waals surface area contributed by atoms with E-state index in [1.54, 1.807) is 12.1 Å². The summed E-state index contributed by atoms with van der Waals surface area (Å²) in [7, 11) is 1.52. The molecule has 0 fully saturated rings. The molecule has 0 aliphatic rings. The Bertz CT molecular complexity index is 373. The summed E-state index contributed by atoms with van der Waals surface area (Å²) in [5, 5.41) is 8.80. The zero-order chi connectivity index (χ0) is 11.8. The SMILES string of the molecule is COCCOC(C#N)C(=O)c1ccncc1. The van der Waals surface area contributed by atoms with Gasteiger partial charge in [-0.25, -0.2) is 0 Å². The lowest BCUT2D eigenvalue weighted by molar-refractivity contribution is 0.0373. The molecule has 0 saturated heterocycles. The molecule has 0 aliphatic heterocycles. The molecular formula is C11H12N2O3. The number of carbonyl (C=O) groups is 1. The van der Waals surface area contributed by atoms with Crippen LogP contribution in [0.1, 0.15) is 10.4 Å². The first-order valence-corrected chi connectivity index (χ1v) is 4.74. The molecule has 0 amide bonds. The van der Waals surface area contributed by atoms with Crippen molar-refractivity contribution in [2.24, 2.45) is 0 Å². The van der Waals surface area contributed by atoms with Crippen LogP contribution in [0.4, 0.5) is 0 Å². The van der Waals surface area contributed by atoms with Gasteiger partial charge in [-0.15, -0.1) is 0 Å². The Morgan fingerprint density at radius 1 is 1.50 bits per heavy atom. The minimum atomic E-state index is -1.09. The first kappa shape index (κ1) is 12.3. The molecule has 0 bridgehead atoms. The predicted molar refractivity (Wildman–Crippen MR) is 55.8 cm³/mol. The lowest BCUT2D eigenvalue weighted by Gasteiger charge is -2.08. The average molecular weight is 220 g/mol. The quantitative estimate of drug-likeness (QED) is 0.524. The molecule has 5 heteroatoms. The summed E-state index contributed by atoms with van der Waals surface area (Å²) in [6.45, 7) is 0.563. The molecule has 0 aliphatic carbocycles. The number of hydrogen-bond acceptors (Lipinski definition) is 5. The van der Waals surface area contributed by atoms with E-state index in [-0.39, 0.29) is 12.4 Å². The first-order valence-electron chi connectivity index (χ1n) is 4.74. The number of Topliss-reactive ketones (excluding diaryl/α,β-unsaturated/α-hetero) is 1. The number of rotatable bonds is 6.